The van der Waals surface area contributed by atoms with Crippen molar-refractivity contribution in [2.75, 3.05) is 0 Å². The molecule has 0 unspecified atom stereocenters. The van der Waals surface area contributed by atoms with E-state index in [2.05, 4.69) is 26.1 Å². The van der Waals surface area contributed by atoms with Crippen LogP contribution in [0.25, 0.3) is 0 Å². The van der Waals surface area contributed by atoms with Gasteiger partial charge in [-0.15, -0.1) is 0 Å². The van der Waals surface area contributed by atoms with Crippen LogP contribution in [-0.4, -0.2) is 23.2 Å². The average molecular weight is 355 g/mol. The monoisotopic (exact) mass is 355 g/mol. The molecule has 5 heteroatoms. The standard InChI is InChI=1S/C21H25NO4/c1-21(2,3)17-11-9-15(10-12-17)13-18(19(23)24)22-20(25)26-14-16-7-5-4-6-8-16/h4-12,18H,13-14H2,1-3H3,(H,22,25)(H,23,24)/t18-/m1/s1. The first-order chi connectivity index (χ1) is 12.3. The SMILES string of the molecule is CC(C)(C)c1ccc(C[C@@H](NC(=O)OCc2ccccc2)C(=O)O)cc1. The van der Waals surface area contributed by atoms with Crippen molar-refractivity contribution in [1.82, 2.24) is 5.32 Å². The van der Waals surface area contributed by atoms with Crippen molar-refractivity contribution in [2.45, 2.75) is 45.3 Å². The van der Waals surface area contributed by atoms with E-state index in [-0.39, 0.29) is 18.4 Å². The van der Waals surface area contributed by atoms with E-state index >= 15 is 0 Å². The highest BCUT2D eigenvalue weighted by atomic mass is 16.5. The van der Waals surface area contributed by atoms with Crippen molar-refractivity contribution in [3.8, 4) is 0 Å². The highest BCUT2D eigenvalue weighted by molar-refractivity contribution is 5.80. The van der Waals surface area contributed by atoms with Gasteiger partial charge in [0.05, 0.1) is 0 Å². The van der Waals surface area contributed by atoms with E-state index in [0.717, 1.165) is 11.1 Å². The Morgan fingerprint density at radius 2 is 1.62 bits per heavy atom. The van der Waals surface area contributed by atoms with E-state index in [1.807, 2.05) is 54.6 Å². The number of aliphatic carboxylic acids is 1. The molecule has 138 valence electrons. The van der Waals surface area contributed by atoms with Crippen molar-refractivity contribution in [3.05, 3.63) is 71.3 Å². The number of carboxylic acid groups (broad SMARTS) is 1. The van der Waals surface area contributed by atoms with Gasteiger partial charge in [-0.2, -0.15) is 0 Å². The fourth-order valence-corrected chi connectivity index (χ4v) is 2.48. The highest BCUT2D eigenvalue weighted by Gasteiger charge is 2.21. The van der Waals surface area contributed by atoms with Gasteiger partial charge in [-0.05, 0) is 22.1 Å². The number of hydrogen-bond acceptors (Lipinski definition) is 3. The first-order valence-electron chi connectivity index (χ1n) is 8.55. The minimum absolute atomic E-state index is 0.0320. The molecule has 2 aromatic rings. The van der Waals surface area contributed by atoms with Crippen LogP contribution in [0.1, 0.15) is 37.5 Å². The summed E-state index contributed by atoms with van der Waals surface area (Å²) in [5.41, 5.74) is 2.88. The third-order valence-electron chi connectivity index (χ3n) is 4.06. The zero-order valence-electron chi connectivity index (χ0n) is 15.4. The van der Waals surface area contributed by atoms with E-state index in [4.69, 9.17) is 4.74 Å². The molecule has 0 saturated carbocycles. The summed E-state index contributed by atoms with van der Waals surface area (Å²) in [7, 11) is 0. The summed E-state index contributed by atoms with van der Waals surface area (Å²) in [5.74, 6) is -1.10. The molecule has 2 N–H and O–H groups in total. The van der Waals surface area contributed by atoms with Crippen LogP contribution in [-0.2, 0) is 28.0 Å². The number of carboxylic acids is 1. The van der Waals surface area contributed by atoms with Crippen molar-refractivity contribution in [2.24, 2.45) is 0 Å². The quantitative estimate of drug-likeness (QED) is 0.824. The fourth-order valence-electron chi connectivity index (χ4n) is 2.48. The Bertz CT molecular complexity index is 733. The van der Waals surface area contributed by atoms with Crippen molar-refractivity contribution in [3.63, 3.8) is 0 Å². The predicted octanol–water partition coefficient (Wildman–Crippen LogP) is 3.91. The Labute approximate surface area is 154 Å². The van der Waals surface area contributed by atoms with Crippen LogP contribution in [0.15, 0.2) is 54.6 Å². The van der Waals surface area contributed by atoms with Gasteiger partial charge in [0, 0.05) is 6.42 Å². The predicted molar refractivity (Wildman–Crippen MR) is 100 cm³/mol. The summed E-state index contributed by atoms with van der Waals surface area (Å²) in [5, 5.41) is 11.8. The zero-order valence-corrected chi connectivity index (χ0v) is 15.4. The Morgan fingerprint density at radius 3 is 2.15 bits per heavy atom. The van der Waals surface area contributed by atoms with Gasteiger partial charge in [0.25, 0.3) is 0 Å². The van der Waals surface area contributed by atoms with Crippen LogP contribution in [0.5, 0.6) is 0 Å². The first-order valence-corrected chi connectivity index (χ1v) is 8.55. The molecule has 0 spiro atoms. The Hall–Kier alpha value is -2.82. The Morgan fingerprint density at radius 1 is 1.00 bits per heavy atom. The lowest BCUT2D eigenvalue weighted by Crippen LogP contribution is -2.42. The number of alkyl carbamates (subject to hydrolysis) is 1. The maximum atomic E-state index is 11.9. The minimum Gasteiger partial charge on any atom is -0.480 e. The largest absolute Gasteiger partial charge is 0.480 e. The summed E-state index contributed by atoms with van der Waals surface area (Å²) >= 11 is 0. The molecule has 2 rings (SSSR count). The maximum Gasteiger partial charge on any atom is 0.408 e. The second-order valence-electron chi connectivity index (χ2n) is 7.25. The number of ether oxygens (including phenoxy) is 1. The van der Waals surface area contributed by atoms with E-state index in [1.165, 1.54) is 5.56 Å². The molecule has 0 aromatic heterocycles. The van der Waals surface area contributed by atoms with Gasteiger partial charge < -0.3 is 15.2 Å². The van der Waals surface area contributed by atoms with Gasteiger partial charge in [0.2, 0.25) is 0 Å². The molecule has 2 aromatic carbocycles. The number of carbonyl (C=O) groups is 2. The van der Waals surface area contributed by atoms with Crippen molar-refractivity contribution >= 4 is 12.1 Å². The smallest absolute Gasteiger partial charge is 0.408 e. The van der Waals surface area contributed by atoms with E-state index in [0.29, 0.717) is 0 Å². The Balaban J connectivity index is 1.93. The van der Waals surface area contributed by atoms with Gasteiger partial charge in [0.1, 0.15) is 12.6 Å². The molecule has 0 radical (unpaired) electrons. The molecule has 0 aliphatic carbocycles. The number of nitrogens with one attached hydrogen (secondary N) is 1. The molecular formula is C21H25NO4. The van der Waals surface area contributed by atoms with Crippen LogP contribution >= 0.6 is 0 Å². The second-order valence-corrected chi connectivity index (χ2v) is 7.25. The number of benzene rings is 2. The maximum absolute atomic E-state index is 11.9. The van der Waals surface area contributed by atoms with Gasteiger partial charge in [-0.3, -0.25) is 0 Å². The van der Waals surface area contributed by atoms with Gasteiger partial charge in [0.15, 0.2) is 0 Å². The molecule has 0 aliphatic rings. The van der Waals surface area contributed by atoms with Crippen LogP contribution in [0.4, 0.5) is 4.79 Å². The average Bonchev–Trinajstić information content (AvgIpc) is 2.60. The molecule has 0 saturated heterocycles. The van der Waals surface area contributed by atoms with Crippen LogP contribution in [0.2, 0.25) is 0 Å². The van der Waals surface area contributed by atoms with Crippen molar-refractivity contribution < 1.29 is 19.4 Å². The van der Waals surface area contributed by atoms with E-state index < -0.39 is 18.1 Å². The van der Waals surface area contributed by atoms with Crippen LogP contribution < -0.4 is 5.32 Å². The number of hydrogen-bond donors (Lipinski definition) is 2. The fraction of sp³-hybridized carbons (Fsp3) is 0.333. The Kier molecular flexibility index (Phi) is 6.39. The highest BCUT2D eigenvalue weighted by Crippen LogP contribution is 2.22. The molecule has 26 heavy (non-hydrogen) atoms. The topological polar surface area (TPSA) is 75.6 Å². The zero-order chi connectivity index (χ0) is 19.2. The third-order valence-corrected chi connectivity index (χ3v) is 4.06. The lowest BCUT2D eigenvalue weighted by molar-refractivity contribution is -0.139. The first kappa shape index (κ1) is 19.5. The summed E-state index contributed by atoms with van der Waals surface area (Å²) in [6, 6.07) is 16.0. The van der Waals surface area contributed by atoms with Gasteiger partial charge in [-0.1, -0.05) is 75.4 Å². The summed E-state index contributed by atoms with van der Waals surface area (Å²) in [6.45, 7) is 6.45. The molecular weight excluding hydrogens is 330 g/mol. The molecule has 1 amide bonds. The summed E-state index contributed by atoms with van der Waals surface area (Å²) in [4.78, 5) is 23.4. The molecule has 0 heterocycles. The van der Waals surface area contributed by atoms with Gasteiger partial charge in [-0.25, -0.2) is 9.59 Å². The lowest BCUT2D eigenvalue weighted by atomic mass is 9.86. The molecule has 0 aliphatic heterocycles. The summed E-state index contributed by atoms with van der Waals surface area (Å²) in [6.07, 6.45) is -0.548. The normalized spacial score (nSPS) is 12.3. The van der Waals surface area contributed by atoms with Gasteiger partial charge >= 0.3 is 12.1 Å². The molecule has 5 nitrogen and oxygen atoms in total. The van der Waals surface area contributed by atoms with Crippen LogP contribution in [0, 0.1) is 0 Å². The minimum atomic E-state index is -1.10. The van der Waals surface area contributed by atoms with E-state index in [1.54, 1.807) is 0 Å². The molecule has 1 atom stereocenters. The third kappa shape index (κ3) is 5.92. The molecule has 0 bridgehead atoms. The lowest BCUT2D eigenvalue weighted by Gasteiger charge is -2.20. The van der Waals surface area contributed by atoms with Crippen molar-refractivity contribution in [1.29, 1.82) is 0 Å². The summed E-state index contributed by atoms with van der Waals surface area (Å²) < 4.78 is 5.10. The second kappa shape index (κ2) is 8.52. The molecule has 0 fully saturated rings. The number of carbonyl (C=O) groups excluding carboxylic acids is 1. The number of amides is 1. The van der Waals surface area contributed by atoms with Crippen LogP contribution in [0.3, 0.4) is 0 Å². The number of rotatable bonds is 6. The van der Waals surface area contributed by atoms with E-state index in [9.17, 15) is 14.7 Å².